The maximum Gasteiger partial charge on any atom is 0.326 e. The SMILES string of the molecule is CC(C)OC(=O)C(C)(C)N[P@@](=O)(Oc1ccccc1)C(C)(C)C. The molecule has 1 aromatic rings. The largest absolute Gasteiger partial charge is 0.462 e. The van der Waals surface area contributed by atoms with Gasteiger partial charge in [-0.3, -0.25) is 9.36 Å². The van der Waals surface area contributed by atoms with E-state index in [0.29, 0.717) is 5.75 Å². The molecular weight excluding hydrogens is 313 g/mol. The Labute approximate surface area is 139 Å². The molecule has 0 radical (unpaired) electrons. The second kappa shape index (κ2) is 7.06. The Hall–Kier alpha value is -1.32. The lowest BCUT2D eigenvalue weighted by Gasteiger charge is -2.37. The maximum atomic E-state index is 13.5. The molecule has 1 rings (SSSR count). The van der Waals surface area contributed by atoms with Crippen molar-refractivity contribution in [2.45, 2.75) is 65.3 Å². The molecule has 6 heteroatoms. The van der Waals surface area contributed by atoms with E-state index in [0.717, 1.165) is 0 Å². The molecule has 0 unspecified atom stereocenters. The Morgan fingerprint density at radius 2 is 1.61 bits per heavy atom. The third-order valence-electron chi connectivity index (χ3n) is 3.14. The van der Waals surface area contributed by atoms with Gasteiger partial charge in [0.05, 0.1) is 11.3 Å². The van der Waals surface area contributed by atoms with Crippen molar-refractivity contribution in [2.75, 3.05) is 0 Å². The molecule has 0 fully saturated rings. The molecule has 0 amide bonds. The van der Waals surface area contributed by atoms with Gasteiger partial charge in [-0.2, -0.15) is 0 Å². The molecule has 130 valence electrons. The van der Waals surface area contributed by atoms with Gasteiger partial charge in [-0.1, -0.05) is 18.2 Å². The van der Waals surface area contributed by atoms with Crippen molar-refractivity contribution in [3.8, 4) is 5.75 Å². The van der Waals surface area contributed by atoms with Crippen LogP contribution in [0.1, 0.15) is 48.5 Å². The number of hydrogen-bond donors (Lipinski definition) is 1. The minimum Gasteiger partial charge on any atom is -0.462 e. The first-order chi connectivity index (χ1) is 10.4. The van der Waals surface area contributed by atoms with Crippen molar-refractivity contribution < 1.29 is 18.6 Å². The van der Waals surface area contributed by atoms with Crippen LogP contribution in [0.5, 0.6) is 5.75 Å². The van der Waals surface area contributed by atoms with Gasteiger partial charge < -0.3 is 9.26 Å². The quantitative estimate of drug-likeness (QED) is 0.614. The van der Waals surface area contributed by atoms with Gasteiger partial charge in [-0.05, 0) is 60.6 Å². The Morgan fingerprint density at radius 1 is 1.09 bits per heavy atom. The van der Waals surface area contributed by atoms with Crippen molar-refractivity contribution in [3.05, 3.63) is 30.3 Å². The molecule has 1 atom stereocenters. The van der Waals surface area contributed by atoms with Crippen LogP contribution in [0.3, 0.4) is 0 Å². The first kappa shape index (κ1) is 19.7. The van der Waals surface area contributed by atoms with E-state index < -0.39 is 24.2 Å². The molecule has 5 nitrogen and oxygen atoms in total. The molecule has 0 aromatic heterocycles. The number of rotatable bonds is 6. The van der Waals surface area contributed by atoms with E-state index in [1.807, 2.05) is 26.8 Å². The van der Waals surface area contributed by atoms with E-state index in [-0.39, 0.29) is 6.10 Å². The van der Waals surface area contributed by atoms with Gasteiger partial charge in [0.2, 0.25) is 0 Å². The predicted octanol–water partition coefficient (Wildman–Crippen LogP) is 4.38. The zero-order chi connectivity index (χ0) is 17.9. The second-order valence-corrected chi connectivity index (χ2v) is 10.2. The maximum absolute atomic E-state index is 13.5. The van der Waals surface area contributed by atoms with Gasteiger partial charge in [0.25, 0.3) is 0 Å². The molecule has 0 heterocycles. The lowest BCUT2D eigenvalue weighted by Crippen LogP contribution is -2.49. The summed E-state index contributed by atoms with van der Waals surface area (Å²) in [5.74, 6) is 0.0277. The van der Waals surface area contributed by atoms with E-state index in [1.54, 1.807) is 52.0 Å². The van der Waals surface area contributed by atoms with Crippen LogP contribution in [0.4, 0.5) is 0 Å². The van der Waals surface area contributed by atoms with Crippen LogP contribution < -0.4 is 9.61 Å². The number of benzene rings is 1. The molecule has 0 aliphatic heterocycles. The van der Waals surface area contributed by atoms with Crippen molar-refractivity contribution in [1.29, 1.82) is 0 Å². The number of nitrogens with one attached hydrogen (secondary N) is 1. The predicted molar refractivity (Wildman–Crippen MR) is 92.9 cm³/mol. The number of ether oxygens (including phenoxy) is 1. The summed E-state index contributed by atoms with van der Waals surface area (Å²) in [5.41, 5.74) is -1.14. The Kier molecular flexibility index (Phi) is 6.06. The van der Waals surface area contributed by atoms with Gasteiger partial charge in [0.1, 0.15) is 11.3 Å². The van der Waals surface area contributed by atoms with E-state index in [2.05, 4.69) is 5.09 Å². The third kappa shape index (κ3) is 5.36. The van der Waals surface area contributed by atoms with Crippen LogP contribution in [0.15, 0.2) is 30.3 Å². The van der Waals surface area contributed by atoms with Crippen LogP contribution in [-0.2, 0) is 14.1 Å². The summed E-state index contributed by atoms with van der Waals surface area (Å²) in [4.78, 5) is 12.3. The standard InChI is InChI=1S/C17H28NO4P/c1-13(2)21-15(19)17(6,7)18-23(20,16(3,4)5)22-14-11-9-8-10-12-14/h8-13H,1-7H3,(H,18,20)/t23-/m0/s1. The highest BCUT2D eigenvalue weighted by Gasteiger charge is 2.46. The lowest BCUT2D eigenvalue weighted by atomic mass is 10.1. The summed E-state index contributed by atoms with van der Waals surface area (Å²) >= 11 is 0. The number of esters is 1. The van der Waals surface area contributed by atoms with E-state index >= 15 is 0 Å². The molecule has 0 aliphatic rings. The average Bonchev–Trinajstić information content (AvgIpc) is 2.36. The highest BCUT2D eigenvalue weighted by atomic mass is 31.2. The van der Waals surface area contributed by atoms with Crippen molar-refractivity contribution in [3.63, 3.8) is 0 Å². The summed E-state index contributed by atoms with van der Waals surface area (Å²) in [6, 6.07) is 8.94. The summed E-state index contributed by atoms with van der Waals surface area (Å²) in [6.07, 6.45) is -0.243. The molecule has 0 bridgehead atoms. The lowest BCUT2D eigenvalue weighted by molar-refractivity contribution is -0.153. The fourth-order valence-corrected chi connectivity index (χ4v) is 3.63. The summed E-state index contributed by atoms with van der Waals surface area (Å²) < 4.78 is 24.5. The fraction of sp³-hybridized carbons (Fsp3) is 0.588. The molecule has 0 saturated carbocycles. The molecular formula is C17H28NO4P. The third-order valence-corrected chi connectivity index (χ3v) is 6.23. The molecule has 0 saturated heterocycles. The van der Waals surface area contributed by atoms with Crippen LogP contribution in [0.25, 0.3) is 0 Å². The van der Waals surface area contributed by atoms with Gasteiger partial charge >= 0.3 is 13.5 Å². The first-order valence-electron chi connectivity index (χ1n) is 7.73. The highest BCUT2D eigenvalue weighted by Crippen LogP contribution is 2.56. The molecule has 0 aliphatic carbocycles. The van der Waals surface area contributed by atoms with Crippen LogP contribution in [0, 0.1) is 0 Å². The molecule has 0 spiro atoms. The Bertz CT molecular complexity index is 576. The normalized spacial score (nSPS) is 15.1. The monoisotopic (exact) mass is 341 g/mol. The van der Waals surface area contributed by atoms with Gasteiger partial charge in [0, 0.05) is 0 Å². The summed E-state index contributed by atoms with van der Waals surface area (Å²) in [6.45, 7) is 12.3. The first-order valence-corrected chi connectivity index (χ1v) is 9.35. The van der Waals surface area contributed by atoms with Crippen LogP contribution in [-0.4, -0.2) is 22.8 Å². The summed E-state index contributed by atoms with van der Waals surface area (Å²) in [7, 11) is -3.39. The van der Waals surface area contributed by atoms with E-state index in [4.69, 9.17) is 9.26 Å². The van der Waals surface area contributed by atoms with Crippen molar-refractivity contribution in [2.24, 2.45) is 0 Å². The van der Waals surface area contributed by atoms with Crippen molar-refractivity contribution in [1.82, 2.24) is 5.09 Å². The number of para-hydroxylation sites is 1. The van der Waals surface area contributed by atoms with Gasteiger partial charge in [-0.25, -0.2) is 5.09 Å². The van der Waals surface area contributed by atoms with Crippen LogP contribution >= 0.6 is 7.52 Å². The molecule has 23 heavy (non-hydrogen) atoms. The number of carbonyl (C=O) groups excluding carboxylic acids is 1. The molecule has 1 N–H and O–H groups in total. The van der Waals surface area contributed by atoms with E-state index in [9.17, 15) is 9.36 Å². The fourth-order valence-electron chi connectivity index (χ4n) is 1.73. The zero-order valence-corrected chi connectivity index (χ0v) is 15.9. The smallest absolute Gasteiger partial charge is 0.326 e. The van der Waals surface area contributed by atoms with Crippen molar-refractivity contribution >= 4 is 13.5 Å². The Morgan fingerprint density at radius 3 is 2.04 bits per heavy atom. The van der Waals surface area contributed by atoms with Crippen LogP contribution in [0.2, 0.25) is 0 Å². The second-order valence-electron chi connectivity index (χ2n) is 7.32. The summed E-state index contributed by atoms with van der Waals surface area (Å²) in [5, 5.41) is 2.23. The minimum absolute atomic E-state index is 0.243. The van der Waals surface area contributed by atoms with Gasteiger partial charge in [-0.15, -0.1) is 0 Å². The highest BCUT2D eigenvalue weighted by molar-refractivity contribution is 7.59. The number of hydrogen-bond acceptors (Lipinski definition) is 4. The number of carbonyl (C=O) groups is 1. The van der Waals surface area contributed by atoms with Gasteiger partial charge in [0.15, 0.2) is 0 Å². The molecule has 1 aromatic carbocycles. The van der Waals surface area contributed by atoms with E-state index in [1.165, 1.54) is 0 Å². The minimum atomic E-state index is -3.39. The average molecular weight is 341 g/mol. The zero-order valence-electron chi connectivity index (χ0n) is 15.0. The Balaban J connectivity index is 3.08. The topological polar surface area (TPSA) is 64.6 Å².